The summed E-state index contributed by atoms with van der Waals surface area (Å²) in [7, 11) is 0. The minimum absolute atomic E-state index is 0.125. The Kier molecular flexibility index (Phi) is 4.70. The summed E-state index contributed by atoms with van der Waals surface area (Å²) in [5.41, 5.74) is 1.95. The van der Waals surface area contributed by atoms with Gasteiger partial charge in [-0.25, -0.2) is 4.39 Å². The van der Waals surface area contributed by atoms with Crippen LogP contribution in [-0.4, -0.2) is 37.9 Å². The van der Waals surface area contributed by atoms with Crippen LogP contribution in [0.5, 0.6) is 11.5 Å². The Morgan fingerprint density at radius 1 is 1.12 bits per heavy atom. The van der Waals surface area contributed by atoms with Crippen LogP contribution in [0.15, 0.2) is 34.8 Å². The number of hydrogen-bond donors (Lipinski definition) is 0. The molecule has 0 unspecified atom stereocenters. The molecule has 1 fully saturated rings. The van der Waals surface area contributed by atoms with Crippen molar-refractivity contribution in [2.24, 2.45) is 0 Å². The zero-order valence-electron chi connectivity index (χ0n) is 14.0. The van der Waals surface area contributed by atoms with Gasteiger partial charge in [0.15, 0.2) is 11.5 Å². The Hall–Kier alpha value is -2.30. The molecule has 2 aromatic carbocycles. The summed E-state index contributed by atoms with van der Waals surface area (Å²) in [5.74, 6) is 1.08. The predicted octanol–water partition coefficient (Wildman–Crippen LogP) is 3.51. The molecule has 4 rings (SSSR count). The van der Waals surface area contributed by atoms with Crippen LogP contribution >= 0.6 is 15.9 Å². The van der Waals surface area contributed by atoms with E-state index in [2.05, 4.69) is 25.7 Å². The fraction of sp³-hybridized carbons (Fsp3) is 0.316. The van der Waals surface area contributed by atoms with Crippen LogP contribution in [-0.2, 0) is 6.54 Å². The molecule has 0 amide bonds. The molecule has 2 heterocycles. The molecular weight excluding hydrogens is 401 g/mol. The third kappa shape index (κ3) is 3.22. The number of nitrogens with zero attached hydrogens (tertiary/aromatic N) is 3. The molecule has 0 radical (unpaired) electrons. The molecule has 0 spiro atoms. The lowest BCUT2D eigenvalue weighted by Gasteiger charge is -2.36. The summed E-state index contributed by atoms with van der Waals surface area (Å²) in [6.45, 7) is 4.23. The molecule has 2 aliphatic rings. The predicted molar refractivity (Wildman–Crippen MR) is 98.9 cm³/mol. The van der Waals surface area contributed by atoms with E-state index in [4.69, 9.17) is 9.47 Å². The highest BCUT2D eigenvalue weighted by Gasteiger charge is 2.22. The summed E-state index contributed by atoms with van der Waals surface area (Å²) < 4.78 is 25.7. The van der Waals surface area contributed by atoms with Crippen LogP contribution in [0.2, 0.25) is 0 Å². The molecule has 26 heavy (non-hydrogen) atoms. The van der Waals surface area contributed by atoms with E-state index in [1.165, 1.54) is 6.07 Å². The van der Waals surface area contributed by atoms with Crippen LogP contribution in [0.3, 0.4) is 0 Å². The van der Waals surface area contributed by atoms with Gasteiger partial charge in [0, 0.05) is 37.2 Å². The molecule has 2 aromatic rings. The second kappa shape index (κ2) is 7.14. The lowest BCUT2D eigenvalue weighted by atomic mass is 10.1. The van der Waals surface area contributed by atoms with Crippen molar-refractivity contribution in [3.63, 3.8) is 0 Å². The Morgan fingerprint density at radius 3 is 2.58 bits per heavy atom. The fourth-order valence-corrected chi connectivity index (χ4v) is 3.80. The number of hydrogen-bond acceptors (Lipinski definition) is 5. The zero-order valence-corrected chi connectivity index (χ0v) is 15.6. The summed E-state index contributed by atoms with van der Waals surface area (Å²) in [6.07, 6.45) is 0. The standard InChI is InChI=1S/C19H17BrFN3O2/c20-15-9-19-18(25-12-26-19)8-13(15)11-23-4-6-24(7-5-23)17-3-1-2-16(21)14(17)10-22/h1-3,8-9H,4-7,11-12H2. The van der Waals surface area contributed by atoms with Crippen LogP contribution in [0.25, 0.3) is 0 Å². The van der Waals surface area contributed by atoms with Crippen molar-refractivity contribution in [2.45, 2.75) is 6.54 Å². The number of rotatable bonds is 3. The van der Waals surface area contributed by atoms with E-state index in [1.807, 2.05) is 24.3 Å². The molecule has 5 nitrogen and oxygen atoms in total. The Morgan fingerprint density at radius 2 is 1.85 bits per heavy atom. The maximum atomic E-state index is 13.8. The van der Waals surface area contributed by atoms with Crippen molar-refractivity contribution in [3.8, 4) is 17.6 Å². The van der Waals surface area contributed by atoms with Gasteiger partial charge in [-0.1, -0.05) is 22.0 Å². The van der Waals surface area contributed by atoms with Gasteiger partial charge in [-0.2, -0.15) is 5.26 Å². The molecule has 1 saturated heterocycles. The molecule has 0 N–H and O–H groups in total. The SMILES string of the molecule is N#Cc1c(F)cccc1N1CCN(Cc2cc3c(cc2Br)OCO3)CC1. The van der Waals surface area contributed by atoms with Crippen molar-refractivity contribution < 1.29 is 13.9 Å². The molecular formula is C19H17BrFN3O2. The first-order valence-electron chi connectivity index (χ1n) is 8.39. The van der Waals surface area contributed by atoms with Gasteiger partial charge in [0.05, 0.1) is 5.69 Å². The van der Waals surface area contributed by atoms with E-state index in [0.717, 1.165) is 54.3 Å². The quantitative estimate of drug-likeness (QED) is 0.764. The largest absolute Gasteiger partial charge is 0.454 e. The van der Waals surface area contributed by atoms with Crippen molar-refractivity contribution in [1.29, 1.82) is 5.26 Å². The van der Waals surface area contributed by atoms with Gasteiger partial charge in [0.2, 0.25) is 6.79 Å². The van der Waals surface area contributed by atoms with Gasteiger partial charge >= 0.3 is 0 Å². The van der Waals surface area contributed by atoms with Gasteiger partial charge in [0.1, 0.15) is 17.4 Å². The average molecular weight is 418 g/mol. The number of anilines is 1. The highest BCUT2D eigenvalue weighted by Crippen LogP contribution is 2.37. The van der Waals surface area contributed by atoms with Crippen LogP contribution in [0, 0.1) is 17.1 Å². The number of halogens is 2. The van der Waals surface area contributed by atoms with Gasteiger partial charge in [0.25, 0.3) is 0 Å². The fourth-order valence-electron chi connectivity index (χ4n) is 3.36. The van der Waals surface area contributed by atoms with Gasteiger partial charge in [-0.15, -0.1) is 0 Å². The lowest BCUT2D eigenvalue weighted by Crippen LogP contribution is -2.46. The second-order valence-electron chi connectivity index (χ2n) is 6.31. The Labute approximate surface area is 159 Å². The number of nitriles is 1. The van der Waals surface area contributed by atoms with Gasteiger partial charge in [-0.05, 0) is 29.8 Å². The third-order valence-corrected chi connectivity index (χ3v) is 5.49. The number of piperazine rings is 1. The zero-order chi connectivity index (χ0) is 18.1. The molecule has 0 saturated carbocycles. The molecule has 0 aliphatic carbocycles. The van der Waals surface area contributed by atoms with E-state index in [-0.39, 0.29) is 12.4 Å². The molecule has 0 atom stereocenters. The van der Waals surface area contributed by atoms with Gasteiger partial charge in [-0.3, -0.25) is 4.90 Å². The van der Waals surface area contributed by atoms with Crippen molar-refractivity contribution in [2.75, 3.05) is 37.9 Å². The first-order valence-corrected chi connectivity index (χ1v) is 9.19. The smallest absolute Gasteiger partial charge is 0.231 e. The maximum absolute atomic E-state index is 13.8. The van der Waals surface area contributed by atoms with E-state index in [1.54, 1.807) is 6.07 Å². The first-order chi connectivity index (χ1) is 12.7. The second-order valence-corrected chi connectivity index (χ2v) is 7.16. The van der Waals surface area contributed by atoms with E-state index in [0.29, 0.717) is 5.69 Å². The topological polar surface area (TPSA) is 48.7 Å². The highest BCUT2D eigenvalue weighted by molar-refractivity contribution is 9.10. The number of benzene rings is 2. The molecule has 0 bridgehead atoms. The van der Waals surface area contributed by atoms with E-state index in [9.17, 15) is 9.65 Å². The first kappa shape index (κ1) is 17.1. The Balaban J connectivity index is 1.44. The molecule has 0 aromatic heterocycles. The van der Waals surface area contributed by atoms with Gasteiger partial charge < -0.3 is 14.4 Å². The van der Waals surface area contributed by atoms with Crippen LogP contribution < -0.4 is 14.4 Å². The minimum Gasteiger partial charge on any atom is -0.454 e. The van der Waals surface area contributed by atoms with E-state index < -0.39 is 5.82 Å². The molecule has 134 valence electrons. The van der Waals surface area contributed by atoms with Crippen molar-refractivity contribution in [3.05, 3.63) is 51.7 Å². The normalized spacial score (nSPS) is 16.6. The summed E-state index contributed by atoms with van der Waals surface area (Å²) in [6, 6.07) is 10.7. The molecule has 2 aliphatic heterocycles. The minimum atomic E-state index is -0.461. The number of ether oxygens (including phenoxy) is 2. The lowest BCUT2D eigenvalue weighted by molar-refractivity contribution is 0.174. The van der Waals surface area contributed by atoms with E-state index >= 15 is 0 Å². The average Bonchev–Trinajstić information content (AvgIpc) is 3.09. The summed E-state index contributed by atoms with van der Waals surface area (Å²) >= 11 is 3.60. The Bertz CT molecular complexity index is 876. The number of fused-ring (bicyclic) bond motifs is 1. The van der Waals surface area contributed by atoms with Crippen molar-refractivity contribution in [1.82, 2.24) is 4.90 Å². The van der Waals surface area contributed by atoms with Crippen molar-refractivity contribution >= 4 is 21.6 Å². The van der Waals surface area contributed by atoms with Crippen LogP contribution in [0.1, 0.15) is 11.1 Å². The maximum Gasteiger partial charge on any atom is 0.231 e. The summed E-state index contributed by atoms with van der Waals surface area (Å²) in [5, 5.41) is 9.23. The third-order valence-electron chi connectivity index (χ3n) is 4.75. The monoisotopic (exact) mass is 417 g/mol. The summed E-state index contributed by atoms with van der Waals surface area (Å²) in [4.78, 5) is 4.41. The molecule has 7 heteroatoms. The highest BCUT2D eigenvalue weighted by atomic mass is 79.9. The van der Waals surface area contributed by atoms with Crippen LogP contribution in [0.4, 0.5) is 10.1 Å².